The van der Waals surface area contributed by atoms with Crippen LogP contribution in [0.2, 0.25) is 5.02 Å². The Labute approximate surface area is 211 Å². The van der Waals surface area contributed by atoms with Crippen LogP contribution in [0.5, 0.6) is 0 Å². The molecule has 7 nitrogen and oxygen atoms in total. The minimum Gasteiger partial charge on any atom is -0.375 e. The molecule has 1 heterocycles. The van der Waals surface area contributed by atoms with Gasteiger partial charge < -0.3 is 15.4 Å². The molecule has 0 spiro atoms. The molecule has 4 atom stereocenters. The lowest BCUT2D eigenvalue weighted by atomic mass is 9.85. The average molecular weight is 573 g/mol. The van der Waals surface area contributed by atoms with Crippen LogP contribution >= 0.6 is 35.6 Å². The Bertz CT molecular complexity index is 864. The number of allylic oxidation sites excluding steroid dienone is 2. The van der Waals surface area contributed by atoms with Gasteiger partial charge in [0.25, 0.3) is 0 Å². The Kier molecular flexibility index (Phi) is 8.95. The molecule has 0 radical (unpaired) electrons. The molecule has 174 valence electrons. The highest BCUT2D eigenvalue weighted by Crippen LogP contribution is 2.52. The van der Waals surface area contributed by atoms with Crippen LogP contribution in [0.1, 0.15) is 18.9 Å². The Balaban J connectivity index is 0.00000289. The minimum atomic E-state index is -0.138. The summed E-state index contributed by atoms with van der Waals surface area (Å²) in [6.45, 7) is 5.00. The molecule has 2 N–H and O–H groups in total. The van der Waals surface area contributed by atoms with Crippen molar-refractivity contribution in [1.29, 1.82) is 0 Å². The second-order valence-corrected chi connectivity index (χ2v) is 8.63. The standard InChI is InChI=1S/C23H29ClN4O3.HI/c1-2-25-23(27-9-11-31-14-15-4-3-5-18(24)12-15)26-8-10-28-21(29)19-16-6-7-17(13-16)20(19)22(28)30;/h3-7,12,16-17,19-20H,2,8-11,13-14H2,1H3,(H2,25,26,27);1H. The molecule has 4 unspecified atom stereocenters. The van der Waals surface area contributed by atoms with Gasteiger partial charge in [0.05, 0.1) is 31.6 Å². The largest absolute Gasteiger partial charge is 0.375 e. The van der Waals surface area contributed by atoms with E-state index >= 15 is 0 Å². The summed E-state index contributed by atoms with van der Waals surface area (Å²) in [5, 5.41) is 7.09. The number of hydrogen-bond donors (Lipinski definition) is 2. The Morgan fingerprint density at radius 2 is 1.91 bits per heavy atom. The fraction of sp³-hybridized carbons (Fsp3) is 0.522. The molecule has 1 aromatic carbocycles. The van der Waals surface area contributed by atoms with Gasteiger partial charge >= 0.3 is 0 Å². The maximum Gasteiger partial charge on any atom is 0.233 e. The average Bonchev–Trinajstić information content (AvgIpc) is 3.43. The van der Waals surface area contributed by atoms with Crippen LogP contribution < -0.4 is 10.6 Å². The number of aliphatic imine (C=N–C) groups is 1. The van der Waals surface area contributed by atoms with Crippen molar-refractivity contribution in [2.24, 2.45) is 28.7 Å². The van der Waals surface area contributed by atoms with Gasteiger partial charge in [0.15, 0.2) is 5.96 Å². The number of nitrogens with zero attached hydrogens (tertiary/aromatic N) is 2. The predicted octanol–water partition coefficient (Wildman–Crippen LogP) is 2.84. The van der Waals surface area contributed by atoms with Crippen molar-refractivity contribution in [1.82, 2.24) is 15.5 Å². The van der Waals surface area contributed by atoms with E-state index < -0.39 is 0 Å². The highest BCUT2D eigenvalue weighted by Gasteiger charge is 2.58. The highest BCUT2D eigenvalue weighted by molar-refractivity contribution is 14.0. The molecule has 1 aliphatic heterocycles. The fourth-order valence-corrected chi connectivity index (χ4v) is 5.06. The third-order valence-electron chi connectivity index (χ3n) is 6.20. The first-order valence-electron chi connectivity index (χ1n) is 11.0. The van der Waals surface area contributed by atoms with E-state index in [2.05, 4.69) is 27.8 Å². The molecule has 2 amide bonds. The van der Waals surface area contributed by atoms with Crippen LogP contribution in [0.4, 0.5) is 0 Å². The van der Waals surface area contributed by atoms with Crippen LogP contribution in [-0.4, -0.2) is 55.5 Å². The lowest BCUT2D eigenvalue weighted by molar-refractivity contribution is -0.140. The van der Waals surface area contributed by atoms with E-state index in [1.807, 2.05) is 31.2 Å². The first-order chi connectivity index (χ1) is 15.1. The lowest BCUT2D eigenvalue weighted by Gasteiger charge is -2.18. The molecule has 1 aromatic rings. The summed E-state index contributed by atoms with van der Waals surface area (Å²) in [6.07, 6.45) is 5.18. The van der Waals surface area contributed by atoms with E-state index in [-0.39, 0.29) is 59.5 Å². The number of benzene rings is 1. The zero-order valence-electron chi connectivity index (χ0n) is 18.1. The van der Waals surface area contributed by atoms with E-state index in [4.69, 9.17) is 16.3 Å². The molecule has 2 bridgehead atoms. The van der Waals surface area contributed by atoms with Crippen LogP contribution in [-0.2, 0) is 20.9 Å². The number of imide groups is 1. The number of ether oxygens (including phenoxy) is 1. The summed E-state index contributed by atoms with van der Waals surface area (Å²) in [6, 6.07) is 7.58. The third kappa shape index (κ3) is 5.46. The van der Waals surface area contributed by atoms with Crippen molar-refractivity contribution in [3.63, 3.8) is 0 Å². The zero-order valence-corrected chi connectivity index (χ0v) is 21.2. The van der Waals surface area contributed by atoms with E-state index in [0.717, 1.165) is 18.5 Å². The lowest BCUT2D eigenvalue weighted by Crippen LogP contribution is -2.43. The monoisotopic (exact) mass is 572 g/mol. The van der Waals surface area contributed by atoms with Crippen molar-refractivity contribution in [3.05, 3.63) is 47.0 Å². The van der Waals surface area contributed by atoms with Gasteiger partial charge in [-0.05, 0) is 42.9 Å². The summed E-state index contributed by atoms with van der Waals surface area (Å²) in [4.78, 5) is 31.4. The number of likely N-dealkylation sites (tertiary alicyclic amines) is 1. The number of rotatable bonds is 9. The first-order valence-corrected chi connectivity index (χ1v) is 11.3. The summed E-state index contributed by atoms with van der Waals surface area (Å²) in [5.41, 5.74) is 1.02. The second-order valence-electron chi connectivity index (χ2n) is 8.20. The predicted molar refractivity (Wildman–Crippen MR) is 135 cm³/mol. The maximum absolute atomic E-state index is 12.7. The van der Waals surface area contributed by atoms with Crippen molar-refractivity contribution in [3.8, 4) is 0 Å². The number of halogens is 2. The highest BCUT2D eigenvalue weighted by atomic mass is 127. The summed E-state index contributed by atoms with van der Waals surface area (Å²) in [5.74, 6) is 0.845. The number of amides is 2. The third-order valence-corrected chi connectivity index (χ3v) is 6.43. The number of guanidine groups is 1. The Morgan fingerprint density at radius 1 is 1.19 bits per heavy atom. The molecule has 2 fully saturated rings. The van der Waals surface area contributed by atoms with E-state index in [1.165, 1.54) is 4.90 Å². The summed E-state index contributed by atoms with van der Waals surface area (Å²) >= 11 is 5.98. The molecular weight excluding hydrogens is 543 g/mol. The summed E-state index contributed by atoms with van der Waals surface area (Å²) < 4.78 is 5.66. The van der Waals surface area contributed by atoms with E-state index in [1.54, 1.807) is 0 Å². The maximum atomic E-state index is 12.7. The van der Waals surface area contributed by atoms with Gasteiger partial charge in [-0.3, -0.25) is 19.5 Å². The molecule has 4 rings (SSSR count). The summed E-state index contributed by atoms with van der Waals surface area (Å²) in [7, 11) is 0. The van der Waals surface area contributed by atoms with Crippen molar-refractivity contribution in [2.45, 2.75) is 20.0 Å². The Morgan fingerprint density at radius 3 is 2.56 bits per heavy atom. The SMILES string of the molecule is CCNC(=NCCOCc1cccc(Cl)c1)NCCN1C(=O)C2C3C=CC(C3)C2C1=O.I. The van der Waals surface area contributed by atoms with Crippen LogP contribution in [0.15, 0.2) is 41.4 Å². The molecule has 2 aliphatic carbocycles. The fourth-order valence-electron chi connectivity index (χ4n) is 4.85. The minimum absolute atomic E-state index is 0. The Hall–Kier alpha value is -1.65. The quantitative estimate of drug-likeness (QED) is 0.119. The van der Waals surface area contributed by atoms with Crippen LogP contribution in [0, 0.1) is 23.7 Å². The van der Waals surface area contributed by atoms with Crippen molar-refractivity contribution in [2.75, 3.05) is 32.8 Å². The molecule has 32 heavy (non-hydrogen) atoms. The molecule has 1 saturated heterocycles. The zero-order chi connectivity index (χ0) is 21.8. The van der Waals surface area contributed by atoms with Gasteiger partial charge in [-0.1, -0.05) is 35.9 Å². The molecule has 9 heteroatoms. The van der Waals surface area contributed by atoms with Gasteiger partial charge in [0.1, 0.15) is 0 Å². The van der Waals surface area contributed by atoms with Crippen molar-refractivity contribution < 1.29 is 14.3 Å². The van der Waals surface area contributed by atoms with Crippen LogP contribution in [0.3, 0.4) is 0 Å². The van der Waals surface area contributed by atoms with Gasteiger partial charge in [-0.15, -0.1) is 24.0 Å². The van der Waals surface area contributed by atoms with Crippen LogP contribution in [0.25, 0.3) is 0 Å². The number of carbonyl (C=O) groups is 2. The number of hydrogen-bond acceptors (Lipinski definition) is 4. The van der Waals surface area contributed by atoms with E-state index in [0.29, 0.717) is 43.8 Å². The van der Waals surface area contributed by atoms with Gasteiger partial charge in [-0.2, -0.15) is 0 Å². The van der Waals surface area contributed by atoms with Gasteiger partial charge in [0, 0.05) is 24.7 Å². The van der Waals surface area contributed by atoms with Gasteiger partial charge in [0.2, 0.25) is 11.8 Å². The smallest absolute Gasteiger partial charge is 0.233 e. The first kappa shape index (κ1) is 25.0. The number of nitrogens with one attached hydrogen (secondary N) is 2. The molecular formula is C23H30ClIN4O3. The number of fused-ring (bicyclic) bond motifs is 5. The molecule has 0 aromatic heterocycles. The van der Waals surface area contributed by atoms with E-state index in [9.17, 15) is 9.59 Å². The number of carbonyl (C=O) groups excluding carboxylic acids is 2. The van der Waals surface area contributed by atoms with Gasteiger partial charge in [-0.25, -0.2) is 0 Å². The molecule has 1 saturated carbocycles. The normalized spacial score (nSPS) is 25.8. The molecule has 3 aliphatic rings. The second kappa shape index (κ2) is 11.5. The topological polar surface area (TPSA) is 83.0 Å². The van der Waals surface area contributed by atoms with Crippen molar-refractivity contribution >= 4 is 53.4 Å².